The molecule has 0 aromatic rings. The minimum absolute atomic E-state index is 0.365. The van der Waals surface area contributed by atoms with E-state index < -0.39 is 72.5 Å². The first-order chi connectivity index (χ1) is 13.7. The summed E-state index contributed by atoms with van der Waals surface area (Å²) in [6, 6.07) is 0. The summed E-state index contributed by atoms with van der Waals surface area (Å²) in [5.41, 5.74) is 7.88. The largest absolute Gasteiger partial charge is 0.478 e. The predicted molar refractivity (Wildman–Crippen MR) is 106 cm³/mol. The summed E-state index contributed by atoms with van der Waals surface area (Å²) in [5.74, 6) is -3.59. The van der Waals surface area contributed by atoms with Crippen molar-refractivity contribution in [3.63, 3.8) is 0 Å². The second-order valence-electron chi connectivity index (χ2n) is 6.43. The fourth-order valence-electron chi connectivity index (χ4n) is 1.06. The molecule has 1 rings (SSSR count). The molecule has 14 nitrogen and oxygen atoms in total. The van der Waals surface area contributed by atoms with Gasteiger partial charge in [0.25, 0.3) is 0 Å². The van der Waals surface area contributed by atoms with Crippen molar-refractivity contribution in [3.8, 4) is 0 Å². The monoisotopic (exact) mass is 482 g/mol. The van der Waals surface area contributed by atoms with Gasteiger partial charge < -0.3 is 62.5 Å². The number of carboxylic acids is 2. The fourth-order valence-corrected chi connectivity index (χ4v) is 3.45. The number of hydrogen-bond donors (Lipinski definition) is 12. The average Bonchev–Trinajstić information content (AvgIpc) is 2.75. The molecule has 0 aliphatic carbocycles. The van der Waals surface area contributed by atoms with E-state index in [-0.39, 0.29) is 11.5 Å². The Morgan fingerprint density at radius 3 is 0.933 bits per heavy atom. The van der Waals surface area contributed by atoms with Gasteiger partial charge in [-0.3, -0.25) is 0 Å². The van der Waals surface area contributed by atoms with Crippen molar-refractivity contribution in [3.05, 3.63) is 0 Å². The smallest absolute Gasteiger partial charge is 0.347 e. The molecule has 1 aliphatic heterocycles. The molecule has 0 saturated carbocycles. The summed E-state index contributed by atoms with van der Waals surface area (Å²) in [7, 11) is 0. The summed E-state index contributed by atoms with van der Waals surface area (Å²) in [6.45, 7) is -2.42. The quantitative estimate of drug-likeness (QED) is 0.153. The van der Waals surface area contributed by atoms with Crippen LogP contribution in [0.15, 0.2) is 0 Å². The SMILES string of the molecule is NC(CO)(CO)CO.NC(CO)(CO)CO.O=C(O)C1(O)CSC(O)(C(=O)O)CS1. The molecule has 0 amide bonds. The van der Waals surface area contributed by atoms with Crippen LogP contribution in [0.5, 0.6) is 0 Å². The Morgan fingerprint density at radius 1 is 0.667 bits per heavy atom. The molecule has 16 heteroatoms. The van der Waals surface area contributed by atoms with E-state index in [1.54, 1.807) is 0 Å². The number of carboxylic acid groups (broad SMARTS) is 2. The highest BCUT2D eigenvalue weighted by Crippen LogP contribution is 2.42. The van der Waals surface area contributed by atoms with Gasteiger partial charge in [-0.2, -0.15) is 0 Å². The van der Waals surface area contributed by atoms with Crippen molar-refractivity contribution in [2.45, 2.75) is 20.9 Å². The third kappa shape index (κ3) is 10.0. The van der Waals surface area contributed by atoms with Crippen molar-refractivity contribution in [2.75, 3.05) is 51.1 Å². The molecule has 2 unspecified atom stereocenters. The maximum atomic E-state index is 10.5. The van der Waals surface area contributed by atoms with Crippen molar-refractivity contribution in [2.24, 2.45) is 11.5 Å². The topological polar surface area (TPSA) is 288 Å². The van der Waals surface area contributed by atoms with E-state index in [1.807, 2.05) is 0 Å². The molecule has 0 radical (unpaired) electrons. The normalized spacial score (nSPS) is 24.1. The van der Waals surface area contributed by atoms with Gasteiger partial charge in [0.15, 0.2) is 0 Å². The lowest BCUT2D eigenvalue weighted by Gasteiger charge is -2.34. The van der Waals surface area contributed by atoms with Crippen LogP contribution in [-0.2, 0) is 9.59 Å². The third-order valence-electron chi connectivity index (χ3n) is 3.57. The Bertz CT molecular complexity index is 461. The van der Waals surface area contributed by atoms with Gasteiger partial charge in [0.2, 0.25) is 9.87 Å². The Morgan fingerprint density at radius 2 is 0.867 bits per heavy atom. The standard InChI is InChI=1S/C6H8O6S2.2C4H11NO3/c7-3(8)5(11)1-13-6(12,2-14-5)4(9)10;2*5-4(1-6,2-7)3-8/h11-12H,1-2H2,(H,7,8)(H,9,10);2*6-8H,1-3,5H2. The first-order valence-electron chi connectivity index (χ1n) is 8.09. The van der Waals surface area contributed by atoms with Crippen molar-refractivity contribution in [1.82, 2.24) is 0 Å². The van der Waals surface area contributed by atoms with Crippen LogP contribution >= 0.6 is 23.5 Å². The van der Waals surface area contributed by atoms with Crippen LogP contribution in [0.1, 0.15) is 0 Å². The molecule has 0 aromatic carbocycles. The molecule has 2 atom stereocenters. The summed E-state index contributed by atoms with van der Waals surface area (Å²) in [5, 5.41) is 86.0. The number of aliphatic hydroxyl groups excluding tert-OH is 6. The Balaban J connectivity index is 0. The highest BCUT2D eigenvalue weighted by atomic mass is 32.2. The Hall–Kier alpha value is -0.760. The molecule has 1 heterocycles. The lowest BCUT2D eigenvalue weighted by atomic mass is 10.1. The van der Waals surface area contributed by atoms with Crippen LogP contribution in [0.25, 0.3) is 0 Å². The fraction of sp³-hybridized carbons (Fsp3) is 0.857. The van der Waals surface area contributed by atoms with E-state index in [0.29, 0.717) is 23.5 Å². The molecule has 1 saturated heterocycles. The summed E-state index contributed by atoms with van der Waals surface area (Å²) >= 11 is 1.03. The van der Waals surface area contributed by atoms with Gasteiger partial charge in [0.05, 0.1) is 50.7 Å². The lowest BCUT2D eigenvalue weighted by Crippen LogP contribution is -2.50. The highest BCUT2D eigenvalue weighted by Gasteiger charge is 2.50. The molecule has 0 bridgehead atoms. The van der Waals surface area contributed by atoms with Gasteiger partial charge in [0, 0.05) is 11.5 Å². The maximum Gasteiger partial charge on any atom is 0.347 e. The van der Waals surface area contributed by atoms with Gasteiger partial charge in [0.1, 0.15) is 0 Å². The molecule has 1 fully saturated rings. The predicted octanol–water partition coefficient (Wildman–Crippen LogP) is -5.67. The zero-order valence-corrected chi connectivity index (χ0v) is 17.5. The minimum atomic E-state index is -2.01. The van der Waals surface area contributed by atoms with Crippen LogP contribution in [0, 0.1) is 0 Å². The zero-order valence-electron chi connectivity index (χ0n) is 15.9. The van der Waals surface area contributed by atoms with Gasteiger partial charge in [-0.15, -0.1) is 23.5 Å². The molecular weight excluding hydrogens is 452 g/mol. The molecule has 0 aromatic heterocycles. The van der Waals surface area contributed by atoms with Crippen molar-refractivity contribution in [1.29, 1.82) is 0 Å². The maximum absolute atomic E-state index is 10.5. The second kappa shape index (κ2) is 13.6. The summed E-state index contributed by atoms with van der Waals surface area (Å²) in [6.07, 6.45) is 0. The molecule has 180 valence electrons. The number of rotatable bonds is 8. The summed E-state index contributed by atoms with van der Waals surface area (Å²) < 4.78 is 0. The second-order valence-corrected chi connectivity index (χ2v) is 8.94. The van der Waals surface area contributed by atoms with Crippen LogP contribution < -0.4 is 11.5 Å². The van der Waals surface area contributed by atoms with E-state index in [2.05, 4.69) is 0 Å². The van der Waals surface area contributed by atoms with E-state index in [1.165, 1.54) is 0 Å². The van der Waals surface area contributed by atoms with E-state index >= 15 is 0 Å². The number of aliphatic carboxylic acids is 2. The van der Waals surface area contributed by atoms with Crippen LogP contribution in [0.3, 0.4) is 0 Å². The number of nitrogens with two attached hydrogens (primary N) is 2. The Labute approximate surface area is 180 Å². The van der Waals surface area contributed by atoms with E-state index in [0.717, 1.165) is 0 Å². The minimum Gasteiger partial charge on any atom is -0.478 e. The molecule has 1 aliphatic rings. The van der Waals surface area contributed by atoms with E-state index in [9.17, 15) is 19.8 Å². The first-order valence-corrected chi connectivity index (χ1v) is 10.1. The Kier molecular flexibility index (Phi) is 14.3. The van der Waals surface area contributed by atoms with Gasteiger partial charge in [-0.1, -0.05) is 0 Å². The van der Waals surface area contributed by atoms with Crippen LogP contribution in [0.4, 0.5) is 0 Å². The number of hydrogen-bond acceptors (Lipinski definition) is 14. The number of thioether (sulfide) groups is 2. The van der Waals surface area contributed by atoms with Gasteiger partial charge >= 0.3 is 11.9 Å². The number of aliphatic hydroxyl groups is 8. The van der Waals surface area contributed by atoms with Crippen molar-refractivity contribution < 1.29 is 60.7 Å². The van der Waals surface area contributed by atoms with Crippen LogP contribution in [0.2, 0.25) is 0 Å². The van der Waals surface area contributed by atoms with Crippen LogP contribution in [-0.4, -0.2) is 135 Å². The lowest BCUT2D eigenvalue weighted by molar-refractivity contribution is -0.150. The molecule has 30 heavy (non-hydrogen) atoms. The third-order valence-corrected chi connectivity index (χ3v) is 6.65. The highest BCUT2D eigenvalue weighted by molar-refractivity contribution is 8.08. The average molecular weight is 483 g/mol. The number of carbonyl (C=O) groups is 2. The molecule has 14 N–H and O–H groups in total. The van der Waals surface area contributed by atoms with Crippen molar-refractivity contribution >= 4 is 35.5 Å². The summed E-state index contributed by atoms with van der Waals surface area (Å²) in [4.78, 5) is 17.1. The first kappa shape index (κ1) is 31.4. The van der Waals surface area contributed by atoms with Gasteiger partial charge in [-0.05, 0) is 0 Å². The molecule has 0 spiro atoms. The van der Waals surface area contributed by atoms with Gasteiger partial charge in [-0.25, -0.2) is 9.59 Å². The zero-order chi connectivity index (χ0) is 24.2. The molecular formula is C14H30N2O12S2. The van der Waals surface area contributed by atoms with E-state index in [4.69, 9.17) is 52.3 Å².